The maximum Gasteiger partial charge on any atom is 0.304 e. The lowest BCUT2D eigenvalue weighted by Gasteiger charge is -2.14. The Balaban J connectivity index is 2.21. The molecule has 0 aliphatic rings. The number of amides is 1. The summed E-state index contributed by atoms with van der Waals surface area (Å²) in [6.07, 6.45) is 1.28. The van der Waals surface area contributed by atoms with Gasteiger partial charge < -0.3 is 15.3 Å². The van der Waals surface area contributed by atoms with Crippen molar-refractivity contribution in [1.82, 2.24) is 4.90 Å². The van der Waals surface area contributed by atoms with Gasteiger partial charge in [-0.05, 0) is 44.6 Å². The molecule has 0 heterocycles. The zero-order chi connectivity index (χ0) is 15.0. The van der Waals surface area contributed by atoms with Crippen LogP contribution in [0.15, 0.2) is 24.3 Å². The van der Waals surface area contributed by atoms with Gasteiger partial charge in [0.15, 0.2) is 0 Å². The summed E-state index contributed by atoms with van der Waals surface area (Å²) in [5.41, 5.74) is 1.92. The lowest BCUT2D eigenvalue weighted by Crippen LogP contribution is -2.24. The van der Waals surface area contributed by atoms with Gasteiger partial charge in [0.25, 0.3) is 0 Å². The number of aliphatic carboxylic acids is 1. The van der Waals surface area contributed by atoms with Gasteiger partial charge in [-0.25, -0.2) is 0 Å². The number of hydrogen-bond acceptors (Lipinski definition) is 3. The van der Waals surface area contributed by atoms with E-state index in [9.17, 15) is 9.59 Å². The molecule has 0 fully saturated rings. The van der Waals surface area contributed by atoms with Gasteiger partial charge in [-0.15, -0.1) is 0 Å². The van der Waals surface area contributed by atoms with Crippen LogP contribution in [0.4, 0.5) is 5.69 Å². The Morgan fingerprint density at radius 1 is 1.25 bits per heavy atom. The van der Waals surface area contributed by atoms with E-state index in [2.05, 4.69) is 5.32 Å². The molecule has 0 aromatic heterocycles. The summed E-state index contributed by atoms with van der Waals surface area (Å²) in [6, 6.07) is 7.68. The summed E-state index contributed by atoms with van der Waals surface area (Å²) in [5.74, 6) is -0.809. The molecule has 0 aliphatic carbocycles. The summed E-state index contributed by atoms with van der Waals surface area (Å²) in [4.78, 5) is 24.1. The molecule has 0 saturated heterocycles. The highest BCUT2D eigenvalue weighted by atomic mass is 16.4. The van der Waals surface area contributed by atoms with Gasteiger partial charge in [-0.1, -0.05) is 12.1 Å². The third-order valence-corrected chi connectivity index (χ3v) is 2.95. The summed E-state index contributed by atoms with van der Waals surface area (Å²) < 4.78 is 0. The van der Waals surface area contributed by atoms with Crippen molar-refractivity contribution in [2.45, 2.75) is 26.2 Å². The van der Waals surface area contributed by atoms with Crippen LogP contribution in [0.25, 0.3) is 0 Å². The largest absolute Gasteiger partial charge is 0.481 e. The molecule has 5 heteroatoms. The summed E-state index contributed by atoms with van der Waals surface area (Å²) in [7, 11) is 1.86. The molecule has 1 aromatic carbocycles. The van der Waals surface area contributed by atoms with Crippen LogP contribution in [0, 0.1) is 6.92 Å². The molecule has 0 spiro atoms. The van der Waals surface area contributed by atoms with Crippen molar-refractivity contribution in [3.63, 3.8) is 0 Å². The molecule has 0 unspecified atom stereocenters. The van der Waals surface area contributed by atoms with Gasteiger partial charge in [-0.3, -0.25) is 9.59 Å². The number of nitrogens with one attached hydrogen (secondary N) is 1. The number of nitrogens with zero attached hydrogens (tertiary/aromatic N) is 1. The summed E-state index contributed by atoms with van der Waals surface area (Å²) in [6.45, 7) is 3.20. The van der Waals surface area contributed by atoms with Crippen molar-refractivity contribution < 1.29 is 14.7 Å². The number of carbonyl (C=O) groups is 2. The number of carbonyl (C=O) groups excluding carboxylic acids is 1. The summed E-state index contributed by atoms with van der Waals surface area (Å²) in [5, 5.41) is 11.4. The van der Waals surface area contributed by atoms with Gasteiger partial charge in [0.1, 0.15) is 0 Å². The highest BCUT2D eigenvalue weighted by Gasteiger charge is 2.05. The van der Waals surface area contributed by atoms with E-state index in [1.807, 2.05) is 43.1 Å². The number of benzene rings is 1. The number of rotatable bonds is 8. The quantitative estimate of drug-likeness (QED) is 0.764. The Bertz CT molecular complexity index is 460. The zero-order valence-corrected chi connectivity index (χ0v) is 12.1. The molecule has 0 bridgehead atoms. The Kier molecular flexibility index (Phi) is 6.73. The minimum atomic E-state index is -0.797. The van der Waals surface area contributed by atoms with Gasteiger partial charge in [0.05, 0.1) is 6.42 Å². The van der Waals surface area contributed by atoms with Gasteiger partial charge in [-0.2, -0.15) is 0 Å². The lowest BCUT2D eigenvalue weighted by molar-refractivity contribution is -0.137. The van der Waals surface area contributed by atoms with Crippen LogP contribution in [-0.4, -0.2) is 42.0 Å². The summed E-state index contributed by atoms with van der Waals surface area (Å²) >= 11 is 0. The first kappa shape index (κ1) is 16.2. The second-order valence-corrected chi connectivity index (χ2v) is 4.97. The molecule has 0 aliphatic heterocycles. The topological polar surface area (TPSA) is 69.6 Å². The van der Waals surface area contributed by atoms with Crippen LogP contribution >= 0.6 is 0 Å². The first-order valence-corrected chi connectivity index (χ1v) is 6.74. The predicted octanol–water partition coefficient (Wildman–Crippen LogP) is 2.12. The number of hydrogen-bond donors (Lipinski definition) is 2. The van der Waals surface area contributed by atoms with Crippen LogP contribution in [0.1, 0.15) is 24.8 Å². The number of anilines is 1. The fraction of sp³-hybridized carbons (Fsp3) is 0.467. The molecule has 1 aromatic rings. The maximum absolute atomic E-state index is 11.7. The first-order valence-electron chi connectivity index (χ1n) is 6.74. The molecule has 1 amide bonds. The van der Waals surface area contributed by atoms with E-state index in [1.54, 1.807) is 0 Å². The molecule has 0 atom stereocenters. The molecule has 0 radical (unpaired) electrons. The van der Waals surface area contributed by atoms with Gasteiger partial charge in [0.2, 0.25) is 5.91 Å². The van der Waals surface area contributed by atoms with E-state index in [0.717, 1.165) is 11.3 Å². The van der Waals surface area contributed by atoms with Crippen LogP contribution in [0.5, 0.6) is 0 Å². The predicted molar refractivity (Wildman–Crippen MR) is 78.8 cm³/mol. The highest BCUT2D eigenvalue weighted by molar-refractivity contribution is 5.90. The molecule has 5 nitrogen and oxygen atoms in total. The van der Waals surface area contributed by atoms with Gasteiger partial charge in [0, 0.05) is 18.7 Å². The second kappa shape index (κ2) is 8.32. The van der Waals surface area contributed by atoms with Crippen molar-refractivity contribution in [2.75, 3.05) is 25.5 Å². The minimum Gasteiger partial charge on any atom is -0.481 e. The van der Waals surface area contributed by atoms with Crippen molar-refractivity contribution in [1.29, 1.82) is 0 Å². The average Bonchev–Trinajstić information content (AvgIpc) is 2.36. The normalized spacial score (nSPS) is 10.6. The van der Waals surface area contributed by atoms with E-state index >= 15 is 0 Å². The van der Waals surface area contributed by atoms with Crippen molar-refractivity contribution >= 4 is 17.6 Å². The van der Waals surface area contributed by atoms with E-state index < -0.39 is 5.97 Å². The third kappa shape index (κ3) is 6.89. The van der Waals surface area contributed by atoms with Crippen molar-refractivity contribution in [2.24, 2.45) is 0 Å². The maximum atomic E-state index is 11.7. The first-order chi connectivity index (χ1) is 9.47. The van der Waals surface area contributed by atoms with Crippen molar-refractivity contribution in [3.8, 4) is 0 Å². The Morgan fingerprint density at radius 2 is 2.00 bits per heavy atom. The molecule has 1 rings (SSSR count). The average molecular weight is 278 g/mol. The van der Waals surface area contributed by atoms with Crippen LogP contribution in [0.2, 0.25) is 0 Å². The monoisotopic (exact) mass is 278 g/mol. The van der Waals surface area contributed by atoms with E-state index in [0.29, 0.717) is 25.9 Å². The third-order valence-electron chi connectivity index (χ3n) is 2.95. The molecule has 110 valence electrons. The molecule has 2 N–H and O–H groups in total. The van der Waals surface area contributed by atoms with E-state index in [-0.39, 0.29) is 12.3 Å². The number of carboxylic acids is 1. The molecular formula is C15H22N2O3. The van der Waals surface area contributed by atoms with Gasteiger partial charge >= 0.3 is 5.97 Å². The lowest BCUT2D eigenvalue weighted by atomic mass is 10.2. The fourth-order valence-electron chi connectivity index (χ4n) is 1.85. The second-order valence-electron chi connectivity index (χ2n) is 4.97. The zero-order valence-electron chi connectivity index (χ0n) is 12.1. The van der Waals surface area contributed by atoms with Crippen LogP contribution in [-0.2, 0) is 9.59 Å². The SMILES string of the molecule is Cc1cccc(NC(=O)CCCN(C)CCC(=O)O)c1. The van der Waals surface area contributed by atoms with Crippen LogP contribution in [0.3, 0.4) is 0 Å². The van der Waals surface area contributed by atoms with E-state index in [1.165, 1.54) is 0 Å². The Labute approximate surface area is 119 Å². The molecule has 0 saturated carbocycles. The smallest absolute Gasteiger partial charge is 0.304 e. The fourth-order valence-corrected chi connectivity index (χ4v) is 1.85. The minimum absolute atomic E-state index is 0.0118. The molecule has 20 heavy (non-hydrogen) atoms. The van der Waals surface area contributed by atoms with Crippen molar-refractivity contribution in [3.05, 3.63) is 29.8 Å². The van der Waals surface area contributed by atoms with E-state index in [4.69, 9.17) is 5.11 Å². The molecular weight excluding hydrogens is 256 g/mol. The number of carboxylic acid groups (broad SMARTS) is 1. The van der Waals surface area contributed by atoms with Crippen LogP contribution < -0.4 is 5.32 Å². The Hall–Kier alpha value is -1.88. The Morgan fingerprint density at radius 3 is 2.65 bits per heavy atom. The standard InChI is InChI=1S/C15H22N2O3/c1-12-5-3-6-13(11-12)16-14(18)7-4-9-17(2)10-8-15(19)20/h3,5-6,11H,4,7-10H2,1-2H3,(H,16,18)(H,19,20). The number of aryl methyl sites for hydroxylation is 1. The highest BCUT2D eigenvalue weighted by Crippen LogP contribution is 2.10.